The number of hydrogen-bond acceptors (Lipinski definition) is 7. The van der Waals surface area contributed by atoms with E-state index in [0.29, 0.717) is 18.8 Å². The highest BCUT2D eigenvalue weighted by Gasteiger charge is 2.18. The van der Waals surface area contributed by atoms with Gasteiger partial charge in [0.2, 0.25) is 0 Å². The number of nitrogens with zero attached hydrogens (tertiary/aromatic N) is 3. The second-order valence-electron chi connectivity index (χ2n) is 4.32. The van der Waals surface area contributed by atoms with Crippen LogP contribution in [0.2, 0.25) is 0 Å². The van der Waals surface area contributed by atoms with E-state index in [1.54, 1.807) is 0 Å². The van der Waals surface area contributed by atoms with Crippen LogP contribution in [0.25, 0.3) is 0 Å². The van der Waals surface area contributed by atoms with E-state index in [9.17, 15) is 18.5 Å². The fourth-order valence-corrected chi connectivity index (χ4v) is 2.35. The molecule has 0 aliphatic rings. The van der Waals surface area contributed by atoms with Crippen molar-refractivity contribution in [2.45, 2.75) is 11.3 Å². The minimum Gasteiger partial charge on any atom is -0.379 e. The largest absolute Gasteiger partial charge is 0.379 e. The predicted molar refractivity (Wildman–Crippen MR) is 74.8 cm³/mol. The van der Waals surface area contributed by atoms with Crippen LogP contribution in [0.1, 0.15) is 5.82 Å². The number of H-pyrrole nitrogens is 1. The number of benzene rings is 1. The molecule has 0 fully saturated rings. The number of nitrogens with one attached hydrogen (secondary N) is 2. The van der Waals surface area contributed by atoms with E-state index in [-0.39, 0.29) is 16.3 Å². The average Bonchev–Trinajstić information content (AvgIpc) is 2.90. The van der Waals surface area contributed by atoms with Crippen LogP contribution in [0.4, 0.5) is 11.4 Å². The number of anilines is 1. The number of nitro benzene ring substituents is 1. The molecule has 0 aliphatic carbocycles. The molecule has 0 unspecified atom stereocenters. The van der Waals surface area contributed by atoms with Crippen LogP contribution >= 0.6 is 0 Å². The number of aromatic nitrogens is 3. The second kappa shape index (κ2) is 5.87. The van der Waals surface area contributed by atoms with Crippen molar-refractivity contribution in [3.63, 3.8) is 0 Å². The molecule has 1 heterocycles. The van der Waals surface area contributed by atoms with E-state index in [1.165, 1.54) is 18.5 Å². The van der Waals surface area contributed by atoms with Gasteiger partial charge in [-0.25, -0.2) is 13.4 Å². The average molecular weight is 311 g/mol. The summed E-state index contributed by atoms with van der Waals surface area (Å²) in [5.41, 5.74) is -0.0255. The zero-order valence-corrected chi connectivity index (χ0v) is 11.9. The molecule has 1 aromatic heterocycles. The fraction of sp³-hybridized carbons (Fsp3) is 0.273. The van der Waals surface area contributed by atoms with Gasteiger partial charge >= 0.3 is 0 Å². The van der Waals surface area contributed by atoms with Crippen molar-refractivity contribution in [3.8, 4) is 0 Å². The van der Waals surface area contributed by atoms with Gasteiger partial charge in [0.25, 0.3) is 5.69 Å². The first-order valence-corrected chi connectivity index (χ1v) is 7.83. The van der Waals surface area contributed by atoms with Crippen LogP contribution in [0, 0.1) is 10.1 Å². The molecular formula is C11H13N5O4S. The summed E-state index contributed by atoms with van der Waals surface area (Å²) in [7, 11) is -3.49. The molecule has 9 nitrogen and oxygen atoms in total. The summed E-state index contributed by atoms with van der Waals surface area (Å²) < 4.78 is 22.9. The number of nitro groups is 1. The summed E-state index contributed by atoms with van der Waals surface area (Å²) in [6.07, 6.45) is 2.88. The Balaban J connectivity index is 2.17. The van der Waals surface area contributed by atoms with Gasteiger partial charge in [-0.2, -0.15) is 5.10 Å². The van der Waals surface area contributed by atoms with Crippen molar-refractivity contribution in [1.82, 2.24) is 15.2 Å². The van der Waals surface area contributed by atoms with Gasteiger partial charge in [0.05, 0.1) is 9.82 Å². The van der Waals surface area contributed by atoms with Crippen LogP contribution in [0.5, 0.6) is 0 Å². The van der Waals surface area contributed by atoms with Crippen molar-refractivity contribution >= 4 is 21.2 Å². The summed E-state index contributed by atoms with van der Waals surface area (Å²) >= 11 is 0. The summed E-state index contributed by atoms with van der Waals surface area (Å²) in [6, 6.07) is 3.76. The lowest BCUT2D eigenvalue weighted by Crippen LogP contribution is -2.08. The fourth-order valence-electron chi connectivity index (χ4n) is 1.71. The SMILES string of the molecule is CS(=O)(=O)c1ccc(NCCc2ncn[nH]2)c([N+](=O)[O-])c1. The molecule has 0 spiro atoms. The molecule has 1 aromatic carbocycles. The molecule has 2 aromatic rings. The number of aromatic amines is 1. The van der Waals surface area contributed by atoms with Gasteiger partial charge in [-0.1, -0.05) is 0 Å². The van der Waals surface area contributed by atoms with Crippen LogP contribution in [-0.2, 0) is 16.3 Å². The highest BCUT2D eigenvalue weighted by Crippen LogP contribution is 2.27. The summed E-state index contributed by atoms with van der Waals surface area (Å²) in [5.74, 6) is 0.651. The lowest BCUT2D eigenvalue weighted by Gasteiger charge is -2.07. The Morgan fingerprint density at radius 1 is 1.43 bits per heavy atom. The molecule has 0 bridgehead atoms. The number of rotatable bonds is 6. The van der Waals surface area contributed by atoms with Crippen molar-refractivity contribution < 1.29 is 13.3 Å². The molecule has 21 heavy (non-hydrogen) atoms. The smallest absolute Gasteiger partial charge is 0.293 e. The van der Waals surface area contributed by atoms with Crippen LogP contribution in [0.15, 0.2) is 29.4 Å². The highest BCUT2D eigenvalue weighted by molar-refractivity contribution is 7.90. The molecule has 10 heteroatoms. The minimum atomic E-state index is -3.49. The van der Waals surface area contributed by atoms with Crippen LogP contribution in [0.3, 0.4) is 0 Å². The van der Waals surface area contributed by atoms with Gasteiger partial charge in [-0.05, 0) is 12.1 Å². The van der Waals surface area contributed by atoms with Crippen LogP contribution in [-0.4, -0.2) is 41.3 Å². The Morgan fingerprint density at radius 3 is 2.76 bits per heavy atom. The standard InChI is InChI=1S/C11H13N5O4S/c1-21(19,20)8-2-3-9(10(6-8)16(17)18)12-5-4-11-13-7-14-15-11/h2-3,6-7,12H,4-5H2,1H3,(H,13,14,15). The first kappa shape index (κ1) is 14.9. The maximum absolute atomic E-state index is 11.4. The highest BCUT2D eigenvalue weighted by atomic mass is 32.2. The van der Waals surface area contributed by atoms with Crippen molar-refractivity contribution in [2.24, 2.45) is 0 Å². The van der Waals surface area contributed by atoms with E-state index >= 15 is 0 Å². The molecular weight excluding hydrogens is 298 g/mol. The summed E-state index contributed by atoms with van der Waals surface area (Å²) in [4.78, 5) is 14.3. The van der Waals surface area contributed by atoms with Gasteiger partial charge in [0.15, 0.2) is 9.84 Å². The van der Waals surface area contributed by atoms with Gasteiger partial charge in [0.1, 0.15) is 17.8 Å². The maximum atomic E-state index is 11.4. The van der Waals surface area contributed by atoms with Crippen LogP contribution < -0.4 is 5.32 Å². The van der Waals surface area contributed by atoms with E-state index < -0.39 is 14.8 Å². The third kappa shape index (κ3) is 3.75. The number of hydrogen-bond donors (Lipinski definition) is 2. The zero-order valence-electron chi connectivity index (χ0n) is 11.1. The molecule has 2 N–H and O–H groups in total. The lowest BCUT2D eigenvalue weighted by atomic mass is 10.2. The first-order valence-electron chi connectivity index (χ1n) is 5.94. The molecule has 2 rings (SSSR count). The molecule has 112 valence electrons. The third-order valence-electron chi connectivity index (χ3n) is 2.74. The molecule has 0 saturated carbocycles. The van der Waals surface area contributed by atoms with E-state index in [2.05, 4.69) is 20.5 Å². The van der Waals surface area contributed by atoms with Gasteiger partial charge < -0.3 is 5.32 Å². The quantitative estimate of drug-likeness (QED) is 0.595. The first-order chi connectivity index (χ1) is 9.88. The molecule has 0 saturated heterocycles. The lowest BCUT2D eigenvalue weighted by molar-refractivity contribution is -0.384. The zero-order chi connectivity index (χ0) is 15.5. The molecule has 0 radical (unpaired) electrons. The van der Waals surface area contributed by atoms with E-state index in [4.69, 9.17) is 0 Å². The normalized spacial score (nSPS) is 11.3. The Morgan fingerprint density at radius 2 is 2.19 bits per heavy atom. The third-order valence-corrected chi connectivity index (χ3v) is 3.85. The van der Waals surface area contributed by atoms with Crippen molar-refractivity contribution in [3.05, 3.63) is 40.5 Å². The minimum absolute atomic E-state index is 0.0880. The molecule has 0 aliphatic heterocycles. The Hall–Kier alpha value is -2.49. The van der Waals surface area contributed by atoms with Gasteiger partial charge in [-0.3, -0.25) is 15.2 Å². The summed E-state index contributed by atoms with van der Waals surface area (Å²) in [5, 5.41) is 20.3. The Bertz CT molecular complexity index is 742. The predicted octanol–water partition coefficient (Wildman–Crippen LogP) is 0.771. The van der Waals surface area contributed by atoms with Crippen molar-refractivity contribution in [1.29, 1.82) is 0 Å². The molecule has 0 amide bonds. The Kier molecular flexibility index (Phi) is 4.17. The van der Waals surface area contributed by atoms with Gasteiger partial charge in [0, 0.05) is 25.3 Å². The van der Waals surface area contributed by atoms with E-state index in [1.807, 2.05) is 0 Å². The topological polar surface area (TPSA) is 131 Å². The van der Waals surface area contributed by atoms with E-state index in [0.717, 1.165) is 12.3 Å². The van der Waals surface area contributed by atoms with Crippen molar-refractivity contribution in [2.75, 3.05) is 18.1 Å². The number of sulfone groups is 1. The summed E-state index contributed by atoms with van der Waals surface area (Å²) in [6.45, 7) is 0.397. The Labute approximate surface area is 120 Å². The molecule has 0 atom stereocenters. The maximum Gasteiger partial charge on any atom is 0.293 e. The van der Waals surface area contributed by atoms with Gasteiger partial charge in [-0.15, -0.1) is 0 Å². The monoisotopic (exact) mass is 311 g/mol. The second-order valence-corrected chi connectivity index (χ2v) is 6.33.